The summed E-state index contributed by atoms with van der Waals surface area (Å²) < 4.78 is 7.68. The highest BCUT2D eigenvalue weighted by molar-refractivity contribution is 14.1. The Morgan fingerprint density at radius 1 is 1.15 bits per heavy atom. The molecule has 1 amide bonds. The van der Waals surface area contributed by atoms with E-state index >= 15 is 0 Å². The maximum atomic E-state index is 12.1. The summed E-state index contributed by atoms with van der Waals surface area (Å²) in [7, 11) is 0. The summed E-state index contributed by atoms with van der Waals surface area (Å²) in [5.74, 6) is 0.618. The summed E-state index contributed by atoms with van der Waals surface area (Å²) in [5, 5.41) is 15.4. The van der Waals surface area contributed by atoms with E-state index < -0.39 is 4.92 Å². The number of carbonyl (C=O) groups excluding carboxylic acids is 1. The SMILES string of the molecule is Cc1cc(C)nc(SCC(=O)N/N=C\c2cc(I)c(OCc3ccc([N+](=O)[O-])cc3)c(I)c2)n1. The minimum Gasteiger partial charge on any atom is -0.487 e. The molecule has 0 bridgehead atoms. The van der Waals surface area contributed by atoms with Crippen LogP contribution in [0.1, 0.15) is 22.5 Å². The summed E-state index contributed by atoms with van der Waals surface area (Å²) in [4.78, 5) is 31.0. The van der Waals surface area contributed by atoms with Gasteiger partial charge in [0.2, 0.25) is 0 Å². The second kappa shape index (κ2) is 12.4. The average Bonchev–Trinajstić information content (AvgIpc) is 2.77. The number of hydrazone groups is 1. The molecular formula is C22H19I2N5O4S. The Morgan fingerprint density at radius 2 is 1.76 bits per heavy atom. The molecule has 1 heterocycles. The number of aromatic nitrogens is 2. The van der Waals surface area contributed by atoms with Crippen molar-refractivity contribution in [3.8, 4) is 5.75 Å². The Bertz CT molecular complexity index is 1200. The van der Waals surface area contributed by atoms with Crippen LogP contribution in [0.5, 0.6) is 5.75 Å². The molecule has 3 rings (SSSR count). The number of nitro groups is 1. The van der Waals surface area contributed by atoms with Crippen LogP contribution in [0.3, 0.4) is 0 Å². The fourth-order valence-electron chi connectivity index (χ4n) is 2.76. The van der Waals surface area contributed by atoms with Gasteiger partial charge in [-0.3, -0.25) is 14.9 Å². The summed E-state index contributed by atoms with van der Waals surface area (Å²) in [6.07, 6.45) is 1.57. The first kappa shape index (κ1) is 26.3. The van der Waals surface area contributed by atoms with Crippen molar-refractivity contribution in [2.75, 3.05) is 5.75 Å². The monoisotopic (exact) mass is 703 g/mol. The molecule has 0 unspecified atom stereocenters. The lowest BCUT2D eigenvalue weighted by Gasteiger charge is -2.11. The van der Waals surface area contributed by atoms with E-state index in [1.807, 2.05) is 32.0 Å². The van der Waals surface area contributed by atoms with Gasteiger partial charge in [0.15, 0.2) is 5.16 Å². The quantitative estimate of drug-likeness (QED) is 0.0830. The third-order valence-electron chi connectivity index (χ3n) is 4.25. The highest BCUT2D eigenvalue weighted by atomic mass is 127. The van der Waals surface area contributed by atoms with Crippen molar-refractivity contribution in [3.63, 3.8) is 0 Å². The van der Waals surface area contributed by atoms with Crippen molar-refractivity contribution in [3.05, 3.63) is 82.2 Å². The molecule has 0 saturated heterocycles. The molecule has 0 spiro atoms. The number of thioether (sulfide) groups is 1. The lowest BCUT2D eigenvalue weighted by Crippen LogP contribution is -2.19. The van der Waals surface area contributed by atoms with Crippen LogP contribution in [-0.4, -0.2) is 32.8 Å². The number of ether oxygens (including phenoxy) is 1. The number of aryl methyl sites for hydroxylation is 2. The zero-order valence-electron chi connectivity index (χ0n) is 18.1. The normalized spacial score (nSPS) is 10.9. The molecule has 34 heavy (non-hydrogen) atoms. The Labute approximate surface area is 227 Å². The van der Waals surface area contributed by atoms with E-state index in [1.54, 1.807) is 18.3 Å². The minimum atomic E-state index is -0.433. The predicted molar refractivity (Wildman–Crippen MR) is 147 cm³/mol. The maximum absolute atomic E-state index is 12.1. The first-order valence-electron chi connectivity index (χ1n) is 9.83. The fraction of sp³-hybridized carbons (Fsp3) is 0.182. The number of rotatable bonds is 9. The number of halogens is 2. The van der Waals surface area contributed by atoms with Crippen LogP contribution in [0.4, 0.5) is 5.69 Å². The second-order valence-electron chi connectivity index (χ2n) is 7.04. The summed E-state index contributed by atoms with van der Waals surface area (Å²) >= 11 is 5.60. The zero-order chi connectivity index (χ0) is 24.7. The van der Waals surface area contributed by atoms with E-state index in [0.717, 1.165) is 29.7 Å². The largest absolute Gasteiger partial charge is 0.487 e. The van der Waals surface area contributed by atoms with E-state index in [1.165, 1.54) is 23.9 Å². The first-order chi connectivity index (χ1) is 16.2. The topological polar surface area (TPSA) is 120 Å². The number of benzene rings is 2. The van der Waals surface area contributed by atoms with Crippen LogP contribution >= 0.6 is 56.9 Å². The van der Waals surface area contributed by atoms with Gasteiger partial charge in [-0.1, -0.05) is 11.8 Å². The lowest BCUT2D eigenvalue weighted by atomic mass is 10.2. The fourth-order valence-corrected chi connectivity index (χ4v) is 5.63. The molecule has 12 heteroatoms. The molecular weight excluding hydrogens is 684 g/mol. The Balaban J connectivity index is 1.54. The summed E-state index contributed by atoms with van der Waals surface area (Å²) in [5.41, 5.74) is 5.91. The summed E-state index contributed by atoms with van der Waals surface area (Å²) in [6, 6.07) is 11.9. The molecule has 0 aliphatic heterocycles. The van der Waals surface area contributed by atoms with Crippen molar-refractivity contribution in [2.45, 2.75) is 25.6 Å². The van der Waals surface area contributed by atoms with Crippen LogP contribution in [0, 0.1) is 31.1 Å². The van der Waals surface area contributed by atoms with Crippen LogP contribution in [0.2, 0.25) is 0 Å². The molecule has 1 N–H and O–H groups in total. The van der Waals surface area contributed by atoms with E-state index in [4.69, 9.17) is 4.74 Å². The number of non-ortho nitro benzene ring substituents is 1. The molecule has 0 saturated carbocycles. The number of nitrogens with one attached hydrogen (secondary N) is 1. The van der Waals surface area contributed by atoms with Crippen molar-refractivity contribution in [2.24, 2.45) is 5.10 Å². The van der Waals surface area contributed by atoms with Gasteiger partial charge in [-0.25, -0.2) is 15.4 Å². The molecule has 176 valence electrons. The molecule has 0 fully saturated rings. The third-order valence-corrected chi connectivity index (χ3v) is 6.70. The van der Waals surface area contributed by atoms with E-state index in [0.29, 0.717) is 10.9 Å². The van der Waals surface area contributed by atoms with Gasteiger partial charge in [0, 0.05) is 23.5 Å². The van der Waals surface area contributed by atoms with E-state index in [9.17, 15) is 14.9 Å². The number of hydrogen-bond donors (Lipinski definition) is 1. The van der Waals surface area contributed by atoms with Gasteiger partial charge in [0.25, 0.3) is 11.6 Å². The molecule has 0 radical (unpaired) electrons. The van der Waals surface area contributed by atoms with Gasteiger partial charge in [0.05, 0.1) is 24.0 Å². The number of nitro benzene ring substituents is 1. The van der Waals surface area contributed by atoms with Gasteiger partial charge < -0.3 is 4.74 Å². The van der Waals surface area contributed by atoms with Gasteiger partial charge in [-0.15, -0.1) is 0 Å². The minimum absolute atomic E-state index is 0.0424. The summed E-state index contributed by atoms with van der Waals surface area (Å²) in [6.45, 7) is 4.06. The maximum Gasteiger partial charge on any atom is 0.269 e. The average molecular weight is 703 g/mol. The standard InChI is InChI=1S/C22H19I2N5O4S/c1-13-7-14(2)27-22(26-13)34-12-20(30)28-25-10-16-8-18(23)21(19(24)9-16)33-11-15-3-5-17(6-4-15)29(31)32/h3-10H,11-12H2,1-2H3,(H,28,30)/b25-10-. The van der Waals surface area contributed by atoms with Crippen LogP contribution < -0.4 is 10.2 Å². The van der Waals surface area contributed by atoms with E-state index in [2.05, 4.69) is 65.7 Å². The van der Waals surface area contributed by atoms with Gasteiger partial charge in [-0.2, -0.15) is 5.10 Å². The Kier molecular flexibility index (Phi) is 9.58. The van der Waals surface area contributed by atoms with Gasteiger partial charge in [-0.05, 0) is 100 Å². The Hall–Kier alpha value is -2.33. The Morgan fingerprint density at radius 3 is 2.35 bits per heavy atom. The highest BCUT2D eigenvalue weighted by Gasteiger charge is 2.10. The first-order valence-corrected chi connectivity index (χ1v) is 13.0. The molecule has 1 aromatic heterocycles. The van der Waals surface area contributed by atoms with Crippen LogP contribution in [-0.2, 0) is 11.4 Å². The number of hydrogen-bond acceptors (Lipinski definition) is 8. The number of carbonyl (C=O) groups is 1. The van der Waals surface area contributed by atoms with E-state index in [-0.39, 0.29) is 24.0 Å². The molecule has 0 aliphatic carbocycles. The van der Waals surface area contributed by atoms with Crippen LogP contribution in [0.15, 0.2) is 52.7 Å². The third kappa shape index (κ3) is 7.87. The second-order valence-corrected chi connectivity index (χ2v) is 10.3. The van der Waals surface area contributed by atoms with Crippen molar-refractivity contribution < 1.29 is 14.5 Å². The molecule has 0 atom stereocenters. The van der Waals surface area contributed by atoms with Crippen molar-refractivity contribution >= 4 is 74.8 Å². The van der Waals surface area contributed by atoms with Crippen molar-refractivity contribution in [1.29, 1.82) is 0 Å². The molecule has 2 aromatic carbocycles. The van der Waals surface area contributed by atoms with Gasteiger partial charge >= 0.3 is 0 Å². The number of nitrogens with zero attached hydrogens (tertiary/aromatic N) is 4. The predicted octanol–water partition coefficient (Wildman–Crippen LogP) is 5.03. The highest BCUT2D eigenvalue weighted by Crippen LogP contribution is 2.29. The smallest absolute Gasteiger partial charge is 0.269 e. The molecule has 9 nitrogen and oxygen atoms in total. The lowest BCUT2D eigenvalue weighted by molar-refractivity contribution is -0.384. The molecule has 3 aromatic rings. The van der Waals surface area contributed by atoms with Crippen LogP contribution in [0.25, 0.3) is 0 Å². The number of amides is 1. The molecule has 0 aliphatic rings. The zero-order valence-corrected chi connectivity index (χ0v) is 23.3. The van der Waals surface area contributed by atoms with Crippen molar-refractivity contribution in [1.82, 2.24) is 15.4 Å². The van der Waals surface area contributed by atoms with Gasteiger partial charge in [0.1, 0.15) is 12.4 Å².